The second-order valence-corrected chi connectivity index (χ2v) is 4.72. The minimum Gasteiger partial charge on any atom is -0.313 e. The molecular formula is C16H16F3N. The lowest BCUT2D eigenvalue weighted by Gasteiger charge is -2.19. The van der Waals surface area contributed by atoms with E-state index in [2.05, 4.69) is 5.32 Å². The molecule has 0 aliphatic heterocycles. The van der Waals surface area contributed by atoms with E-state index in [1.54, 1.807) is 32.2 Å². The van der Waals surface area contributed by atoms with Crippen LogP contribution in [0.25, 0.3) is 0 Å². The van der Waals surface area contributed by atoms with E-state index >= 15 is 0 Å². The molecule has 4 heteroatoms. The number of hydrogen-bond donors (Lipinski definition) is 1. The number of aryl methyl sites for hydroxylation is 1. The molecule has 0 aromatic heterocycles. The van der Waals surface area contributed by atoms with E-state index in [4.69, 9.17) is 0 Å². The SMILES string of the molecule is CNC(Cc1c(F)cccc1F)c1cccc(C)c1F. The van der Waals surface area contributed by atoms with Gasteiger partial charge in [0.15, 0.2) is 0 Å². The highest BCUT2D eigenvalue weighted by atomic mass is 19.1. The van der Waals surface area contributed by atoms with Gasteiger partial charge in [0.2, 0.25) is 0 Å². The van der Waals surface area contributed by atoms with Crippen molar-refractivity contribution in [1.82, 2.24) is 5.32 Å². The smallest absolute Gasteiger partial charge is 0.130 e. The van der Waals surface area contributed by atoms with E-state index in [9.17, 15) is 13.2 Å². The lowest BCUT2D eigenvalue weighted by molar-refractivity contribution is 0.495. The van der Waals surface area contributed by atoms with Gasteiger partial charge in [-0.2, -0.15) is 0 Å². The molecule has 20 heavy (non-hydrogen) atoms. The molecule has 2 aromatic rings. The lowest BCUT2D eigenvalue weighted by Crippen LogP contribution is -2.21. The monoisotopic (exact) mass is 279 g/mol. The van der Waals surface area contributed by atoms with Crippen LogP contribution in [0.3, 0.4) is 0 Å². The molecule has 0 fully saturated rings. The Morgan fingerprint density at radius 1 is 1.00 bits per heavy atom. The molecule has 2 aromatic carbocycles. The summed E-state index contributed by atoms with van der Waals surface area (Å²) in [5.41, 5.74) is 0.889. The fraction of sp³-hybridized carbons (Fsp3) is 0.250. The molecule has 2 rings (SSSR count). The minimum absolute atomic E-state index is 0.0345. The minimum atomic E-state index is -0.613. The van der Waals surface area contributed by atoms with Crippen molar-refractivity contribution < 1.29 is 13.2 Å². The molecule has 0 bridgehead atoms. The third kappa shape index (κ3) is 2.85. The Morgan fingerprint density at radius 3 is 2.20 bits per heavy atom. The number of hydrogen-bond acceptors (Lipinski definition) is 1. The summed E-state index contributed by atoms with van der Waals surface area (Å²) in [5, 5.41) is 2.92. The molecule has 0 spiro atoms. The summed E-state index contributed by atoms with van der Waals surface area (Å²) in [4.78, 5) is 0. The van der Waals surface area contributed by atoms with Gasteiger partial charge in [0, 0.05) is 17.2 Å². The number of rotatable bonds is 4. The Balaban J connectivity index is 2.37. The molecule has 1 nitrogen and oxygen atoms in total. The second-order valence-electron chi connectivity index (χ2n) is 4.72. The number of nitrogens with one attached hydrogen (secondary N) is 1. The van der Waals surface area contributed by atoms with Crippen LogP contribution in [0.2, 0.25) is 0 Å². The first-order valence-corrected chi connectivity index (χ1v) is 6.39. The predicted molar refractivity (Wildman–Crippen MR) is 73.0 cm³/mol. The Labute approximate surface area is 116 Å². The Bertz CT molecular complexity index is 590. The first-order valence-electron chi connectivity index (χ1n) is 6.39. The van der Waals surface area contributed by atoms with Gasteiger partial charge in [-0.3, -0.25) is 0 Å². The molecule has 1 N–H and O–H groups in total. The van der Waals surface area contributed by atoms with Crippen molar-refractivity contribution in [1.29, 1.82) is 0 Å². The molecule has 0 heterocycles. The van der Waals surface area contributed by atoms with Gasteiger partial charge in [0.05, 0.1) is 0 Å². The van der Waals surface area contributed by atoms with Crippen molar-refractivity contribution in [2.24, 2.45) is 0 Å². The predicted octanol–water partition coefficient (Wildman–Crippen LogP) is 3.92. The molecule has 1 atom stereocenters. The maximum Gasteiger partial charge on any atom is 0.130 e. The van der Waals surface area contributed by atoms with E-state index in [0.717, 1.165) is 0 Å². The summed E-state index contributed by atoms with van der Waals surface area (Å²) < 4.78 is 41.5. The highest BCUT2D eigenvalue weighted by Crippen LogP contribution is 2.25. The lowest BCUT2D eigenvalue weighted by atomic mass is 9.96. The van der Waals surface area contributed by atoms with Gasteiger partial charge in [-0.25, -0.2) is 13.2 Å². The van der Waals surface area contributed by atoms with Crippen LogP contribution in [-0.4, -0.2) is 7.05 Å². The molecule has 1 unspecified atom stereocenters. The van der Waals surface area contributed by atoms with Crippen LogP contribution in [0, 0.1) is 24.4 Å². The van der Waals surface area contributed by atoms with E-state index < -0.39 is 17.7 Å². The van der Waals surface area contributed by atoms with Gasteiger partial charge < -0.3 is 5.32 Å². The zero-order chi connectivity index (χ0) is 14.7. The van der Waals surface area contributed by atoms with Crippen molar-refractivity contribution in [3.63, 3.8) is 0 Å². The summed E-state index contributed by atoms with van der Waals surface area (Å²) in [6.07, 6.45) is 0.0510. The highest BCUT2D eigenvalue weighted by Gasteiger charge is 2.19. The Kier molecular flexibility index (Phi) is 4.45. The van der Waals surface area contributed by atoms with Crippen LogP contribution in [0.5, 0.6) is 0 Å². The molecular weight excluding hydrogens is 263 g/mol. The van der Waals surface area contributed by atoms with Gasteiger partial charge in [0.1, 0.15) is 17.5 Å². The molecule has 0 radical (unpaired) electrons. The first kappa shape index (κ1) is 14.6. The van der Waals surface area contributed by atoms with Gasteiger partial charge in [-0.15, -0.1) is 0 Å². The molecule has 0 saturated carbocycles. The van der Waals surface area contributed by atoms with Crippen LogP contribution in [0.15, 0.2) is 36.4 Å². The van der Waals surface area contributed by atoms with Crippen LogP contribution < -0.4 is 5.32 Å². The van der Waals surface area contributed by atoms with Gasteiger partial charge in [0.25, 0.3) is 0 Å². The Hall–Kier alpha value is -1.81. The first-order chi connectivity index (χ1) is 9.54. The van der Waals surface area contributed by atoms with Gasteiger partial charge >= 0.3 is 0 Å². The van der Waals surface area contributed by atoms with Crippen molar-refractivity contribution in [2.75, 3.05) is 7.05 Å². The van der Waals surface area contributed by atoms with E-state index in [1.165, 1.54) is 18.2 Å². The zero-order valence-electron chi connectivity index (χ0n) is 11.4. The van der Waals surface area contributed by atoms with Crippen molar-refractivity contribution in [3.05, 3.63) is 70.5 Å². The quantitative estimate of drug-likeness (QED) is 0.894. The van der Waals surface area contributed by atoms with Crippen molar-refractivity contribution >= 4 is 0 Å². The summed E-state index contributed by atoms with van der Waals surface area (Å²) >= 11 is 0. The molecule has 0 aliphatic rings. The Morgan fingerprint density at radius 2 is 1.60 bits per heavy atom. The van der Waals surface area contributed by atoms with E-state index in [0.29, 0.717) is 11.1 Å². The third-order valence-corrected chi connectivity index (χ3v) is 3.42. The van der Waals surface area contributed by atoms with Crippen LogP contribution in [0.4, 0.5) is 13.2 Å². The topological polar surface area (TPSA) is 12.0 Å². The van der Waals surface area contributed by atoms with Gasteiger partial charge in [-0.1, -0.05) is 24.3 Å². The van der Waals surface area contributed by atoms with Gasteiger partial charge in [-0.05, 0) is 38.1 Å². The zero-order valence-corrected chi connectivity index (χ0v) is 11.4. The standard InChI is InChI=1S/C16H16F3N/c1-10-5-3-6-11(16(10)19)15(20-2)9-12-13(17)7-4-8-14(12)18/h3-8,15,20H,9H2,1-2H3. The fourth-order valence-electron chi connectivity index (χ4n) is 2.24. The van der Waals surface area contributed by atoms with Crippen LogP contribution in [0.1, 0.15) is 22.7 Å². The largest absolute Gasteiger partial charge is 0.313 e. The average Bonchev–Trinajstić information content (AvgIpc) is 2.42. The maximum absolute atomic E-state index is 14.1. The fourth-order valence-corrected chi connectivity index (χ4v) is 2.24. The molecule has 0 amide bonds. The molecule has 0 saturated heterocycles. The summed E-state index contributed by atoms with van der Waals surface area (Å²) in [7, 11) is 1.64. The summed E-state index contributed by atoms with van der Waals surface area (Å²) in [5.74, 6) is -1.57. The van der Waals surface area contributed by atoms with Crippen molar-refractivity contribution in [3.8, 4) is 0 Å². The highest BCUT2D eigenvalue weighted by molar-refractivity contribution is 5.30. The van der Waals surface area contributed by atoms with Crippen molar-refractivity contribution in [2.45, 2.75) is 19.4 Å². The number of halogens is 3. The number of benzene rings is 2. The maximum atomic E-state index is 14.1. The number of likely N-dealkylation sites (N-methyl/N-ethyl adjacent to an activating group) is 1. The van der Waals surface area contributed by atoms with E-state index in [1.807, 2.05) is 0 Å². The normalized spacial score (nSPS) is 12.4. The average molecular weight is 279 g/mol. The molecule has 106 valence electrons. The third-order valence-electron chi connectivity index (χ3n) is 3.42. The second kappa shape index (κ2) is 6.09. The summed E-state index contributed by atoms with van der Waals surface area (Å²) in [6, 6.07) is 8.26. The van der Waals surface area contributed by atoms with Crippen LogP contribution >= 0.6 is 0 Å². The molecule has 0 aliphatic carbocycles. The van der Waals surface area contributed by atoms with Crippen LogP contribution in [-0.2, 0) is 6.42 Å². The summed E-state index contributed by atoms with van der Waals surface area (Å²) in [6.45, 7) is 1.66. The van der Waals surface area contributed by atoms with E-state index in [-0.39, 0.29) is 17.8 Å².